The topological polar surface area (TPSA) is 94.8 Å². The van der Waals surface area contributed by atoms with Crippen LogP contribution in [0.4, 0.5) is 5.82 Å². The summed E-state index contributed by atoms with van der Waals surface area (Å²) in [4.78, 5) is 24.3. The van der Waals surface area contributed by atoms with Crippen molar-refractivity contribution in [1.29, 1.82) is 0 Å². The first-order chi connectivity index (χ1) is 10.2. The van der Waals surface area contributed by atoms with E-state index in [1.165, 1.54) is 18.1 Å². The van der Waals surface area contributed by atoms with Gasteiger partial charge in [-0.15, -0.1) is 5.10 Å². The highest BCUT2D eigenvalue weighted by molar-refractivity contribution is 5.84. The Morgan fingerprint density at radius 3 is 2.95 bits per heavy atom. The van der Waals surface area contributed by atoms with Crippen molar-refractivity contribution in [1.82, 2.24) is 24.7 Å². The molecule has 0 aliphatic heterocycles. The molecular formula is C13H16N6O2. The number of esters is 1. The minimum absolute atomic E-state index is 0.00841. The van der Waals surface area contributed by atoms with Crippen LogP contribution in [0.15, 0.2) is 12.4 Å². The summed E-state index contributed by atoms with van der Waals surface area (Å²) in [6.45, 7) is 2.77. The lowest BCUT2D eigenvalue weighted by molar-refractivity contribution is 0.0587. The van der Waals surface area contributed by atoms with Crippen LogP contribution in [-0.4, -0.2) is 44.4 Å². The predicted octanol–water partition coefficient (Wildman–Crippen LogP) is 1.15. The van der Waals surface area contributed by atoms with Crippen molar-refractivity contribution in [3.63, 3.8) is 0 Å². The Morgan fingerprint density at radius 2 is 2.29 bits per heavy atom. The zero-order valence-electron chi connectivity index (χ0n) is 11.9. The van der Waals surface area contributed by atoms with Gasteiger partial charge in [-0.05, 0) is 19.8 Å². The van der Waals surface area contributed by atoms with Gasteiger partial charge in [-0.3, -0.25) is 0 Å². The zero-order chi connectivity index (χ0) is 14.8. The molecule has 2 aromatic rings. The van der Waals surface area contributed by atoms with Crippen molar-refractivity contribution in [2.75, 3.05) is 19.0 Å². The maximum atomic E-state index is 11.4. The molecule has 0 aromatic carbocycles. The summed E-state index contributed by atoms with van der Waals surface area (Å²) in [5.74, 6) is 2.00. The fourth-order valence-corrected chi connectivity index (χ4v) is 1.92. The minimum Gasteiger partial charge on any atom is -0.463 e. The zero-order valence-corrected chi connectivity index (χ0v) is 11.9. The average Bonchev–Trinajstić information content (AvgIpc) is 3.23. The van der Waals surface area contributed by atoms with Gasteiger partial charge in [0, 0.05) is 18.5 Å². The van der Waals surface area contributed by atoms with Gasteiger partial charge in [0.2, 0.25) is 0 Å². The molecule has 2 heterocycles. The summed E-state index contributed by atoms with van der Waals surface area (Å²) in [5.41, 5.74) is 0. The third-order valence-corrected chi connectivity index (χ3v) is 3.12. The average molecular weight is 288 g/mol. The third-order valence-electron chi connectivity index (χ3n) is 3.12. The third kappa shape index (κ3) is 2.83. The molecule has 1 aliphatic rings. The maximum Gasteiger partial charge on any atom is 0.377 e. The molecule has 8 nitrogen and oxygen atoms in total. The van der Waals surface area contributed by atoms with Crippen LogP contribution in [0, 0.1) is 0 Å². The number of anilines is 1. The highest BCUT2D eigenvalue weighted by Gasteiger charge is 2.27. The Kier molecular flexibility index (Phi) is 3.51. The van der Waals surface area contributed by atoms with E-state index in [1.54, 1.807) is 6.07 Å². The first-order valence-corrected chi connectivity index (χ1v) is 6.84. The summed E-state index contributed by atoms with van der Waals surface area (Å²) >= 11 is 0. The van der Waals surface area contributed by atoms with Crippen molar-refractivity contribution in [3.05, 3.63) is 24.0 Å². The highest BCUT2D eigenvalue weighted by atomic mass is 16.5. The van der Waals surface area contributed by atoms with Gasteiger partial charge in [0.1, 0.15) is 18.0 Å². The molecule has 21 heavy (non-hydrogen) atoms. The van der Waals surface area contributed by atoms with Gasteiger partial charge < -0.3 is 10.1 Å². The quantitative estimate of drug-likeness (QED) is 0.825. The van der Waals surface area contributed by atoms with Crippen LogP contribution in [0.25, 0.3) is 5.82 Å². The molecule has 1 N–H and O–H groups in total. The smallest absolute Gasteiger partial charge is 0.377 e. The number of hydrogen-bond donors (Lipinski definition) is 1. The summed E-state index contributed by atoms with van der Waals surface area (Å²) < 4.78 is 6.06. The molecule has 3 rings (SSSR count). The van der Waals surface area contributed by atoms with Crippen LogP contribution in [0.2, 0.25) is 0 Å². The van der Waals surface area contributed by atoms with Crippen LogP contribution in [-0.2, 0) is 4.74 Å². The fourth-order valence-electron chi connectivity index (χ4n) is 1.92. The van der Waals surface area contributed by atoms with E-state index in [9.17, 15) is 4.79 Å². The number of hydrogen-bond acceptors (Lipinski definition) is 7. The van der Waals surface area contributed by atoms with Crippen LogP contribution in [0.3, 0.4) is 0 Å². The van der Waals surface area contributed by atoms with Gasteiger partial charge >= 0.3 is 5.97 Å². The van der Waals surface area contributed by atoms with Gasteiger partial charge in [0.05, 0.1) is 7.11 Å². The van der Waals surface area contributed by atoms with Crippen molar-refractivity contribution in [2.45, 2.75) is 25.7 Å². The molecule has 2 aromatic heterocycles. The molecule has 8 heteroatoms. The molecule has 1 fully saturated rings. The van der Waals surface area contributed by atoms with E-state index < -0.39 is 5.97 Å². The van der Waals surface area contributed by atoms with Crippen molar-refractivity contribution in [3.8, 4) is 5.82 Å². The normalized spacial score (nSPS) is 14.0. The van der Waals surface area contributed by atoms with Gasteiger partial charge in [-0.25, -0.2) is 24.4 Å². The van der Waals surface area contributed by atoms with E-state index in [4.69, 9.17) is 0 Å². The summed E-state index contributed by atoms with van der Waals surface area (Å²) in [6.07, 6.45) is 3.67. The largest absolute Gasteiger partial charge is 0.463 e. The molecule has 0 atom stereocenters. The predicted molar refractivity (Wildman–Crippen MR) is 74.4 cm³/mol. The van der Waals surface area contributed by atoms with E-state index in [0.29, 0.717) is 11.7 Å². The molecule has 0 spiro atoms. The second-order valence-electron chi connectivity index (χ2n) is 4.78. The minimum atomic E-state index is -0.572. The Morgan fingerprint density at radius 1 is 1.48 bits per heavy atom. The first-order valence-electron chi connectivity index (χ1n) is 6.84. The lowest BCUT2D eigenvalue weighted by atomic mass is 10.3. The summed E-state index contributed by atoms with van der Waals surface area (Å²) in [5, 5.41) is 7.26. The molecule has 110 valence electrons. The SMILES string of the molecule is CCNc1cc(-n2cnc(C(=O)OC)n2)nc(C2CC2)n1. The molecule has 0 unspecified atom stereocenters. The number of carbonyl (C=O) groups is 1. The molecule has 0 bridgehead atoms. The van der Waals surface area contributed by atoms with Gasteiger partial charge in [-0.2, -0.15) is 0 Å². The molecule has 1 saturated carbocycles. The Balaban J connectivity index is 1.96. The van der Waals surface area contributed by atoms with Gasteiger partial charge in [0.15, 0.2) is 5.82 Å². The Hall–Kier alpha value is -2.51. The lowest BCUT2D eigenvalue weighted by Crippen LogP contribution is -2.09. The number of ether oxygens (including phenoxy) is 1. The maximum absolute atomic E-state index is 11.4. The number of rotatable bonds is 5. The molecule has 1 aliphatic carbocycles. The Bertz CT molecular complexity index is 664. The van der Waals surface area contributed by atoms with Gasteiger partial charge in [-0.1, -0.05) is 0 Å². The monoisotopic (exact) mass is 288 g/mol. The van der Waals surface area contributed by atoms with Gasteiger partial charge in [0.25, 0.3) is 5.82 Å². The van der Waals surface area contributed by atoms with Crippen molar-refractivity contribution >= 4 is 11.8 Å². The number of aromatic nitrogens is 5. The van der Waals surface area contributed by atoms with E-state index in [1.807, 2.05) is 6.92 Å². The van der Waals surface area contributed by atoms with E-state index in [2.05, 4.69) is 30.1 Å². The number of nitrogens with one attached hydrogen (secondary N) is 1. The Labute approximate surface area is 121 Å². The van der Waals surface area contributed by atoms with Crippen molar-refractivity contribution in [2.24, 2.45) is 0 Å². The summed E-state index contributed by atoms with van der Waals surface area (Å²) in [7, 11) is 1.29. The highest BCUT2D eigenvalue weighted by Crippen LogP contribution is 2.38. The molecule has 0 amide bonds. The van der Waals surface area contributed by atoms with E-state index >= 15 is 0 Å². The van der Waals surface area contributed by atoms with Crippen molar-refractivity contribution < 1.29 is 9.53 Å². The fraction of sp³-hybridized carbons (Fsp3) is 0.462. The molecular weight excluding hydrogens is 272 g/mol. The standard InChI is InChI=1S/C13H16N6O2/c1-3-14-9-6-10(17-11(16-9)8-4-5-8)19-7-15-12(18-19)13(20)21-2/h6-8H,3-5H2,1-2H3,(H,14,16,17). The second kappa shape index (κ2) is 5.47. The lowest BCUT2D eigenvalue weighted by Gasteiger charge is -2.07. The van der Waals surface area contributed by atoms with E-state index in [-0.39, 0.29) is 5.82 Å². The summed E-state index contributed by atoms with van der Waals surface area (Å²) in [6, 6.07) is 1.78. The second-order valence-corrected chi connectivity index (χ2v) is 4.78. The van der Waals surface area contributed by atoms with E-state index in [0.717, 1.165) is 31.0 Å². The number of methoxy groups -OCH3 is 1. The van der Waals surface area contributed by atoms with Crippen LogP contribution in [0.5, 0.6) is 0 Å². The molecule has 0 radical (unpaired) electrons. The van der Waals surface area contributed by atoms with Crippen LogP contribution < -0.4 is 5.32 Å². The van der Waals surface area contributed by atoms with Crippen LogP contribution in [0.1, 0.15) is 42.1 Å². The number of carbonyl (C=O) groups excluding carboxylic acids is 1. The molecule has 0 saturated heterocycles. The number of nitrogens with zero attached hydrogens (tertiary/aromatic N) is 5. The first kappa shape index (κ1) is 13.5. The van der Waals surface area contributed by atoms with Crippen LogP contribution >= 0.6 is 0 Å².